The third-order valence-electron chi connectivity index (χ3n) is 5.09. The molecule has 168 valence electrons. The third-order valence-corrected chi connectivity index (χ3v) is 5.32. The molecule has 0 spiro atoms. The topological polar surface area (TPSA) is 83.8 Å². The molecule has 3 heterocycles. The minimum Gasteiger partial charge on any atom is -0.344 e. The first kappa shape index (κ1) is 22.6. The number of pyridine rings is 1. The molecular weight excluding hydrogens is 441 g/mol. The van der Waals surface area contributed by atoms with Crippen molar-refractivity contribution < 1.29 is 4.39 Å². The molecule has 3 aromatic heterocycles. The van der Waals surface area contributed by atoms with Gasteiger partial charge in [-0.05, 0) is 50.4 Å². The number of benzene rings is 1. The van der Waals surface area contributed by atoms with E-state index in [1.807, 2.05) is 37.0 Å². The van der Waals surface area contributed by atoms with Crippen LogP contribution < -0.4 is 5.32 Å². The lowest BCUT2D eigenvalue weighted by molar-refractivity contribution is 0.586. The summed E-state index contributed by atoms with van der Waals surface area (Å²) in [6.45, 7) is 7.24. The van der Waals surface area contributed by atoms with Gasteiger partial charge in [0.1, 0.15) is 11.5 Å². The third kappa shape index (κ3) is 4.92. The van der Waals surface area contributed by atoms with E-state index in [-0.39, 0.29) is 0 Å². The van der Waals surface area contributed by atoms with E-state index < -0.39 is 5.82 Å². The van der Waals surface area contributed by atoms with Crippen molar-refractivity contribution in [2.75, 3.05) is 13.6 Å². The fraction of sp³-hybridized carbons (Fsp3) is 0.167. The van der Waals surface area contributed by atoms with Crippen LogP contribution in [0.4, 0.5) is 10.1 Å². The van der Waals surface area contributed by atoms with Crippen LogP contribution in [-0.2, 0) is 6.54 Å². The SMILES string of the molecule is C=Cc1ncc(-c2ccn(CCNC)n2)cc1/N=C(\C)c1nc[nH]c1-c1cc(Cl)ccc1F. The number of aromatic nitrogens is 5. The van der Waals surface area contributed by atoms with Gasteiger partial charge in [-0.25, -0.2) is 14.4 Å². The summed E-state index contributed by atoms with van der Waals surface area (Å²) >= 11 is 6.08. The van der Waals surface area contributed by atoms with E-state index in [9.17, 15) is 4.39 Å². The number of imidazole rings is 1. The summed E-state index contributed by atoms with van der Waals surface area (Å²) in [6.07, 6.45) is 6.82. The number of rotatable bonds is 8. The first-order chi connectivity index (χ1) is 16.0. The molecule has 1 aromatic carbocycles. The molecule has 33 heavy (non-hydrogen) atoms. The number of nitrogens with one attached hydrogen (secondary N) is 2. The zero-order valence-corrected chi connectivity index (χ0v) is 19.1. The normalized spacial score (nSPS) is 11.7. The lowest BCUT2D eigenvalue weighted by atomic mass is 10.1. The van der Waals surface area contributed by atoms with Gasteiger partial charge in [0.25, 0.3) is 0 Å². The molecule has 0 atom stereocenters. The van der Waals surface area contributed by atoms with Crippen LogP contribution in [0.1, 0.15) is 18.3 Å². The number of likely N-dealkylation sites (N-methyl/N-ethyl adjacent to an activating group) is 1. The van der Waals surface area contributed by atoms with Crippen LogP contribution in [0.25, 0.3) is 28.6 Å². The van der Waals surface area contributed by atoms with Crippen molar-refractivity contribution in [1.82, 2.24) is 30.0 Å². The van der Waals surface area contributed by atoms with Crippen molar-refractivity contribution in [2.45, 2.75) is 13.5 Å². The predicted molar refractivity (Wildman–Crippen MR) is 130 cm³/mol. The molecule has 0 aliphatic rings. The number of halogens is 2. The average Bonchev–Trinajstić information content (AvgIpc) is 3.49. The van der Waals surface area contributed by atoms with Crippen LogP contribution in [0, 0.1) is 5.82 Å². The predicted octanol–water partition coefficient (Wildman–Crippen LogP) is 5.13. The summed E-state index contributed by atoms with van der Waals surface area (Å²) in [5, 5.41) is 8.14. The molecule has 4 aromatic rings. The second-order valence-electron chi connectivity index (χ2n) is 7.35. The van der Waals surface area contributed by atoms with E-state index in [2.05, 4.69) is 31.9 Å². The average molecular weight is 464 g/mol. The Balaban J connectivity index is 1.71. The lowest BCUT2D eigenvalue weighted by Crippen LogP contribution is -2.15. The summed E-state index contributed by atoms with van der Waals surface area (Å²) in [6, 6.07) is 8.24. The zero-order chi connectivity index (χ0) is 23.4. The molecule has 0 radical (unpaired) electrons. The van der Waals surface area contributed by atoms with Crippen molar-refractivity contribution in [2.24, 2.45) is 4.99 Å². The Bertz CT molecular complexity index is 1320. The summed E-state index contributed by atoms with van der Waals surface area (Å²) < 4.78 is 16.3. The maximum atomic E-state index is 14.5. The van der Waals surface area contributed by atoms with Crippen LogP contribution in [0.15, 0.2) is 60.6 Å². The highest BCUT2D eigenvalue weighted by Gasteiger charge is 2.16. The molecule has 0 fully saturated rings. The summed E-state index contributed by atoms with van der Waals surface area (Å²) in [5.74, 6) is -0.401. The van der Waals surface area contributed by atoms with Crippen LogP contribution in [-0.4, -0.2) is 44.0 Å². The highest BCUT2D eigenvalue weighted by Crippen LogP contribution is 2.30. The highest BCUT2D eigenvalue weighted by atomic mass is 35.5. The molecule has 0 aliphatic carbocycles. The van der Waals surface area contributed by atoms with Gasteiger partial charge in [0.2, 0.25) is 0 Å². The second-order valence-corrected chi connectivity index (χ2v) is 7.78. The van der Waals surface area contributed by atoms with Crippen molar-refractivity contribution in [3.05, 3.63) is 77.9 Å². The minimum atomic E-state index is -0.401. The van der Waals surface area contributed by atoms with E-state index in [1.54, 1.807) is 18.3 Å². The van der Waals surface area contributed by atoms with E-state index in [1.165, 1.54) is 18.5 Å². The van der Waals surface area contributed by atoms with Crippen LogP contribution in [0.2, 0.25) is 5.02 Å². The van der Waals surface area contributed by atoms with Crippen molar-refractivity contribution >= 4 is 29.1 Å². The van der Waals surface area contributed by atoms with Gasteiger partial charge in [0, 0.05) is 35.1 Å². The number of nitrogens with zero attached hydrogens (tertiary/aromatic N) is 5. The molecule has 4 rings (SSSR count). The molecule has 0 amide bonds. The standard InChI is InChI=1S/C24H23ClFN7/c1-4-20-22(11-16(13-28-20)21-7-9-33(32-21)10-8-27-3)31-15(2)23-24(30-14-29-23)18-12-17(25)5-6-19(18)26/h4-7,9,11-14,27H,1,8,10H2,2-3H3,(H,29,30)/b31-15+. The Hall–Kier alpha value is -3.62. The Morgan fingerprint density at radius 1 is 1.30 bits per heavy atom. The molecule has 0 saturated carbocycles. The van der Waals surface area contributed by atoms with Gasteiger partial charge in [0.15, 0.2) is 0 Å². The number of aliphatic imine (C=N–C) groups is 1. The van der Waals surface area contributed by atoms with Gasteiger partial charge in [-0.3, -0.25) is 9.67 Å². The quantitative estimate of drug-likeness (QED) is 0.355. The van der Waals surface area contributed by atoms with Crippen LogP contribution >= 0.6 is 11.6 Å². The smallest absolute Gasteiger partial charge is 0.132 e. The monoisotopic (exact) mass is 463 g/mol. The van der Waals surface area contributed by atoms with E-state index in [0.29, 0.717) is 39.1 Å². The maximum Gasteiger partial charge on any atom is 0.132 e. The largest absolute Gasteiger partial charge is 0.344 e. The van der Waals surface area contributed by atoms with Crippen LogP contribution in [0.5, 0.6) is 0 Å². The summed E-state index contributed by atoms with van der Waals surface area (Å²) in [5.41, 5.74) is 4.81. The highest BCUT2D eigenvalue weighted by molar-refractivity contribution is 6.30. The Morgan fingerprint density at radius 3 is 2.94 bits per heavy atom. The second kappa shape index (κ2) is 9.89. The van der Waals surface area contributed by atoms with E-state index >= 15 is 0 Å². The number of H-pyrrole nitrogens is 1. The molecule has 2 N–H and O–H groups in total. The van der Waals surface area contributed by atoms with Gasteiger partial charge < -0.3 is 10.3 Å². The van der Waals surface area contributed by atoms with Crippen LogP contribution in [0.3, 0.4) is 0 Å². The molecule has 9 heteroatoms. The fourth-order valence-electron chi connectivity index (χ4n) is 3.41. The Morgan fingerprint density at radius 2 is 2.15 bits per heavy atom. The first-order valence-electron chi connectivity index (χ1n) is 10.4. The molecule has 0 aliphatic heterocycles. The Labute approximate surface area is 196 Å². The fourth-order valence-corrected chi connectivity index (χ4v) is 3.59. The summed E-state index contributed by atoms with van der Waals surface area (Å²) in [7, 11) is 1.90. The Kier molecular flexibility index (Phi) is 6.76. The van der Waals surface area contributed by atoms with Gasteiger partial charge >= 0.3 is 0 Å². The van der Waals surface area contributed by atoms with Gasteiger partial charge in [0.05, 0.1) is 41.4 Å². The molecule has 0 unspecified atom stereocenters. The molecular formula is C24H23ClFN7. The summed E-state index contributed by atoms with van der Waals surface area (Å²) in [4.78, 5) is 16.6. The number of hydrogen-bond acceptors (Lipinski definition) is 5. The van der Waals surface area contributed by atoms with Crippen molar-refractivity contribution in [3.8, 4) is 22.5 Å². The van der Waals surface area contributed by atoms with Gasteiger partial charge in [-0.15, -0.1) is 0 Å². The van der Waals surface area contributed by atoms with Gasteiger partial charge in [-0.2, -0.15) is 5.10 Å². The minimum absolute atomic E-state index is 0.326. The molecule has 0 saturated heterocycles. The van der Waals surface area contributed by atoms with Crippen molar-refractivity contribution in [3.63, 3.8) is 0 Å². The first-order valence-corrected chi connectivity index (χ1v) is 10.7. The lowest BCUT2D eigenvalue weighted by Gasteiger charge is -2.07. The van der Waals surface area contributed by atoms with Crippen molar-refractivity contribution in [1.29, 1.82) is 0 Å². The zero-order valence-electron chi connectivity index (χ0n) is 18.3. The molecule has 0 bridgehead atoms. The van der Waals surface area contributed by atoms with E-state index in [4.69, 9.17) is 16.6 Å². The number of aromatic amines is 1. The number of hydrogen-bond donors (Lipinski definition) is 2. The molecule has 7 nitrogen and oxygen atoms in total. The maximum absolute atomic E-state index is 14.5. The van der Waals surface area contributed by atoms with Gasteiger partial charge in [-0.1, -0.05) is 18.2 Å². The van der Waals surface area contributed by atoms with E-state index in [0.717, 1.165) is 24.3 Å².